The highest BCUT2D eigenvalue weighted by Gasteiger charge is 2.48. The number of carbonyl (C=O) groups excluding carboxylic acids is 1. The number of aliphatic carboxylic acids is 2. The Morgan fingerprint density at radius 2 is 1.57 bits per heavy atom. The molecule has 0 spiro atoms. The number of aliphatic hydroxyl groups excluding tert-OH is 1. The van der Waals surface area contributed by atoms with Gasteiger partial charge in [0.2, 0.25) is 0 Å². The first kappa shape index (κ1) is 40.0. The zero-order valence-corrected chi connectivity index (χ0v) is 31.0. The van der Waals surface area contributed by atoms with Crippen LogP contribution in [0.5, 0.6) is 0 Å². The van der Waals surface area contributed by atoms with E-state index in [-0.39, 0.29) is 40.7 Å². The summed E-state index contributed by atoms with van der Waals surface area (Å²) in [6.07, 6.45) is 4.66. The fourth-order valence-electron chi connectivity index (χ4n) is 7.22. The van der Waals surface area contributed by atoms with E-state index in [1.54, 1.807) is 0 Å². The Kier molecular flexibility index (Phi) is 14.1. The maximum atomic E-state index is 14.3. The maximum absolute atomic E-state index is 14.3. The highest BCUT2D eigenvalue weighted by atomic mass is 32.2. The summed E-state index contributed by atoms with van der Waals surface area (Å²) < 4.78 is 6.59. The molecule has 0 radical (unpaired) electrons. The summed E-state index contributed by atoms with van der Waals surface area (Å²) in [5.74, 6) is -0.765. The third-order valence-electron chi connectivity index (χ3n) is 10.4. The lowest BCUT2D eigenvalue weighted by atomic mass is 9.59. The molecule has 1 fully saturated rings. The van der Waals surface area contributed by atoms with Crippen LogP contribution in [-0.4, -0.2) is 61.5 Å². The van der Waals surface area contributed by atoms with Gasteiger partial charge in [-0.2, -0.15) is 0 Å². The summed E-state index contributed by atoms with van der Waals surface area (Å²) >= 11 is 1.12. The fourth-order valence-corrected chi connectivity index (χ4v) is 8.22. The van der Waals surface area contributed by atoms with Gasteiger partial charge in [0, 0.05) is 23.4 Å². The van der Waals surface area contributed by atoms with E-state index < -0.39 is 35.3 Å². The molecular weight excluding hydrogens is 604 g/mol. The molecule has 1 aromatic rings. The summed E-state index contributed by atoms with van der Waals surface area (Å²) in [6.45, 7) is 23.8. The van der Waals surface area contributed by atoms with Crippen LogP contribution in [0.25, 0.3) is 0 Å². The van der Waals surface area contributed by atoms with Gasteiger partial charge in [0.15, 0.2) is 0 Å². The Bertz CT molecular complexity index is 1140. The minimum absolute atomic E-state index is 0.0433. The molecule has 1 aliphatic carbocycles. The number of thioether (sulfide) groups is 1. The van der Waals surface area contributed by atoms with Crippen molar-refractivity contribution in [1.82, 2.24) is 4.98 Å². The van der Waals surface area contributed by atoms with Gasteiger partial charge in [0.05, 0.1) is 6.42 Å². The first-order valence-electron chi connectivity index (χ1n) is 17.1. The second-order valence-corrected chi connectivity index (χ2v) is 17.4. The van der Waals surface area contributed by atoms with Crippen LogP contribution in [0.15, 0.2) is 6.20 Å². The van der Waals surface area contributed by atoms with E-state index in [1.165, 1.54) is 0 Å². The number of esters is 1. The van der Waals surface area contributed by atoms with Gasteiger partial charge in [-0.15, -0.1) is 11.8 Å². The molecule has 1 aliphatic rings. The number of aromatic amines is 1. The van der Waals surface area contributed by atoms with Gasteiger partial charge >= 0.3 is 17.9 Å². The molecule has 0 amide bonds. The van der Waals surface area contributed by atoms with Gasteiger partial charge in [-0.3, -0.25) is 9.59 Å². The molecule has 1 aromatic heterocycles. The molecule has 9 nitrogen and oxygen atoms in total. The van der Waals surface area contributed by atoms with Gasteiger partial charge in [-0.25, -0.2) is 4.79 Å². The molecule has 46 heavy (non-hydrogen) atoms. The van der Waals surface area contributed by atoms with E-state index in [4.69, 9.17) is 9.84 Å². The second-order valence-electron chi connectivity index (χ2n) is 16.1. The Labute approximate surface area is 281 Å². The molecule has 264 valence electrons. The lowest BCUT2D eigenvalue weighted by Crippen LogP contribution is -2.49. The van der Waals surface area contributed by atoms with Crippen LogP contribution >= 0.6 is 11.8 Å². The quantitative estimate of drug-likeness (QED) is 0.0666. The summed E-state index contributed by atoms with van der Waals surface area (Å²) in [4.78, 5) is 40.1. The molecule has 4 atom stereocenters. The van der Waals surface area contributed by atoms with Gasteiger partial charge in [0.25, 0.3) is 0 Å². The normalized spacial score (nSPS) is 22.4. The van der Waals surface area contributed by atoms with E-state index >= 15 is 0 Å². The number of aromatic nitrogens is 1. The predicted molar refractivity (Wildman–Crippen MR) is 186 cm³/mol. The zero-order chi connectivity index (χ0) is 35.2. The monoisotopic (exact) mass is 666 g/mol. The Balaban J connectivity index is 2.35. The first-order valence-corrected chi connectivity index (χ1v) is 18.2. The Morgan fingerprint density at radius 1 is 1.02 bits per heavy atom. The number of ether oxygens (including phenoxy) is 1. The van der Waals surface area contributed by atoms with Crippen molar-refractivity contribution in [1.29, 1.82) is 0 Å². The SMILES string of the molecule is CCC(CC)(CCCSC(CC(=O)O)C(=O)O)C(O)Nc1[nH]cc(C(C)C)c1C(=O)OC1C(C(C)(C)C)CC(C)CC1C(C)(C)C. The van der Waals surface area contributed by atoms with E-state index in [1.807, 2.05) is 33.9 Å². The molecule has 0 bridgehead atoms. The number of hydrogen-bond donors (Lipinski definition) is 5. The first-order chi connectivity index (χ1) is 21.2. The largest absolute Gasteiger partial charge is 0.481 e. The Hall–Kier alpha value is -2.20. The second kappa shape index (κ2) is 16.3. The number of carboxylic acid groups (broad SMARTS) is 2. The predicted octanol–water partition coefficient (Wildman–Crippen LogP) is 8.40. The van der Waals surface area contributed by atoms with Gasteiger partial charge < -0.3 is 30.4 Å². The molecule has 10 heteroatoms. The summed E-state index contributed by atoms with van der Waals surface area (Å²) in [5, 5.41) is 32.3. The highest BCUT2D eigenvalue weighted by molar-refractivity contribution is 8.00. The summed E-state index contributed by atoms with van der Waals surface area (Å²) in [7, 11) is 0. The van der Waals surface area contributed by atoms with E-state index in [2.05, 4.69) is 58.8 Å². The molecule has 5 N–H and O–H groups in total. The fraction of sp³-hybridized carbons (Fsp3) is 0.806. The molecule has 1 heterocycles. The Morgan fingerprint density at radius 3 is 2.00 bits per heavy atom. The van der Waals surface area contributed by atoms with Crippen molar-refractivity contribution in [3.8, 4) is 0 Å². The van der Waals surface area contributed by atoms with Crippen molar-refractivity contribution in [2.24, 2.45) is 34.0 Å². The third-order valence-corrected chi connectivity index (χ3v) is 11.6. The topological polar surface area (TPSA) is 149 Å². The van der Waals surface area contributed by atoms with Crippen LogP contribution in [0.4, 0.5) is 5.82 Å². The molecule has 0 aliphatic heterocycles. The lowest BCUT2D eigenvalue weighted by molar-refractivity contribution is -0.142. The van der Waals surface area contributed by atoms with Crippen molar-refractivity contribution >= 4 is 35.5 Å². The zero-order valence-electron chi connectivity index (χ0n) is 30.2. The van der Waals surface area contributed by atoms with Crippen molar-refractivity contribution in [3.63, 3.8) is 0 Å². The molecule has 0 saturated heterocycles. The molecule has 1 saturated carbocycles. The number of rotatable bonds is 16. The van der Waals surface area contributed by atoms with Crippen molar-refractivity contribution < 1.29 is 34.4 Å². The molecule has 2 rings (SSSR count). The number of hydrogen-bond acceptors (Lipinski definition) is 7. The van der Waals surface area contributed by atoms with Crippen molar-refractivity contribution in [2.45, 2.75) is 145 Å². The summed E-state index contributed by atoms with van der Waals surface area (Å²) in [6, 6.07) is 0. The van der Waals surface area contributed by atoms with Crippen LogP contribution in [0.2, 0.25) is 0 Å². The average molecular weight is 667 g/mol. The van der Waals surface area contributed by atoms with Crippen LogP contribution in [0.1, 0.15) is 143 Å². The minimum atomic E-state index is -1.14. The number of H-pyrrole nitrogens is 1. The van der Waals surface area contributed by atoms with E-state index in [0.29, 0.717) is 48.7 Å². The lowest BCUT2D eigenvalue weighted by Gasteiger charge is -2.50. The smallest absolute Gasteiger partial charge is 0.342 e. The van der Waals surface area contributed by atoms with Crippen molar-refractivity contribution in [2.75, 3.05) is 11.1 Å². The number of carbonyl (C=O) groups is 3. The number of anilines is 1. The molecule has 4 unspecified atom stereocenters. The average Bonchev–Trinajstić information content (AvgIpc) is 3.35. The minimum Gasteiger partial charge on any atom is -0.481 e. The van der Waals surface area contributed by atoms with Crippen LogP contribution < -0.4 is 5.32 Å². The van der Waals surface area contributed by atoms with E-state index in [9.17, 15) is 24.6 Å². The van der Waals surface area contributed by atoms with Crippen LogP contribution in [-0.2, 0) is 14.3 Å². The number of carboxylic acids is 2. The standard InChI is InChI=1S/C36H62N2O7S/c1-12-36(13-2,15-14-16-46-26(31(41)42)19-27(39)40)33(44)38-30-28(23(20-37-30)21(3)4)32(43)45-29-24(34(6,7)8)17-22(5)18-25(29)35(9,10)11/h20-22,24-26,29,33,37-38,44H,12-19H2,1-11H3,(H,39,40)(H,41,42). The van der Waals surface area contributed by atoms with Crippen molar-refractivity contribution in [3.05, 3.63) is 17.3 Å². The molecule has 0 aromatic carbocycles. The van der Waals surface area contributed by atoms with Gasteiger partial charge in [-0.1, -0.05) is 76.2 Å². The summed E-state index contributed by atoms with van der Waals surface area (Å²) in [5.41, 5.74) is 0.624. The third kappa shape index (κ3) is 10.1. The molecular formula is C36H62N2O7S. The van der Waals surface area contributed by atoms with Gasteiger partial charge in [0.1, 0.15) is 29.0 Å². The van der Waals surface area contributed by atoms with Crippen LogP contribution in [0, 0.1) is 34.0 Å². The van der Waals surface area contributed by atoms with Gasteiger partial charge in [-0.05, 0) is 72.5 Å². The van der Waals surface area contributed by atoms with E-state index in [0.717, 1.165) is 30.2 Å². The van der Waals surface area contributed by atoms with Crippen LogP contribution in [0.3, 0.4) is 0 Å². The number of nitrogens with one attached hydrogen (secondary N) is 2. The highest BCUT2D eigenvalue weighted by Crippen LogP contribution is 2.50. The maximum Gasteiger partial charge on any atom is 0.342 e. The number of aliphatic hydroxyl groups is 1.